The molecule has 0 bridgehead atoms. The van der Waals surface area contributed by atoms with E-state index in [4.69, 9.17) is 5.11 Å². The fraction of sp³-hybridized carbons (Fsp3) is 0.667. The molecule has 0 aromatic rings. The van der Waals surface area contributed by atoms with E-state index in [1.807, 2.05) is 0 Å². The predicted octanol–water partition coefficient (Wildman–Crippen LogP) is 1.42. The Hall–Kier alpha value is -1.32. The molecule has 88 valence electrons. The summed E-state index contributed by atoms with van der Waals surface area (Å²) in [6.45, 7) is 0.955. The molecule has 2 aliphatic rings. The van der Waals surface area contributed by atoms with Gasteiger partial charge < -0.3 is 10.0 Å². The van der Waals surface area contributed by atoms with Crippen LogP contribution in [0, 0.1) is 5.92 Å². The molecule has 0 saturated heterocycles. The molecule has 0 radical (unpaired) electrons. The van der Waals surface area contributed by atoms with Crippen LogP contribution in [-0.2, 0) is 9.59 Å². The zero-order valence-electron chi connectivity index (χ0n) is 9.32. The van der Waals surface area contributed by atoms with E-state index < -0.39 is 5.97 Å². The van der Waals surface area contributed by atoms with E-state index in [2.05, 4.69) is 0 Å². The molecule has 1 aliphatic heterocycles. The third-order valence-electron chi connectivity index (χ3n) is 3.44. The van der Waals surface area contributed by atoms with Crippen LogP contribution in [0.1, 0.15) is 32.1 Å². The summed E-state index contributed by atoms with van der Waals surface area (Å²) >= 11 is 0. The van der Waals surface area contributed by atoms with Gasteiger partial charge in [0.15, 0.2) is 0 Å². The highest BCUT2D eigenvalue weighted by molar-refractivity contribution is 5.89. The van der Waals surface area contributed by atoms with Gasteiger partial charge in [-0.25, -0.2) is 4.79 Å². The summed E-state index contributed by atoms with van der Waals surface area (Å²) in [6.07, 6.45) is 6.60. The largest absolute Gasteiger partial charge is 0.478 e. The maximum absolute atomic E-state index is 12.1. The molecule has 1 heterocycles. The van der Waals surface area contributed by atoms with Crippen molar-refractivity contribution in [2.45, 2.75) is 32.1 Å². The molecule has 1 fully saturated rings. The molecule has 1 N–H and O–H groups in total. The van der Waals surface area contributed by atoms with Crippen LogP contribution in [0.15, 0.2) is 11.6 Å². The average Bonchev–Trinajstić information content (AvgIpc) is 2.81. The number of carboxylic acids is 1. The molecule has 0 aromatic carbocycles. The lowest BCUT2D eigenvalue weighted by Gasteiger charge is -2.28. The number of rotatable bonds is 2. The van der Waals surface area contributed by atoms with Gasteiger partial charge >= 0.3 is 5.97 Å². The van der Waals surface area contributed by atoms with Crippen molar-refractivity contribution in [1.29, 1.82) is 0 Å². The quantitative estimate of drug-likeness (QED) is 0.770. The molecule has 4 nitrogen and oxygen atoms in total. The van der Waals surface area contributed by atoms with E-state index in [0.29, 0.717) is 18.5 Å². The lowest BCUT2D eigenvalue weighted by molar-refractivity contribution is -0.136. The maximum atomic E-state index is 12.1. The van der Waals surface area contributed by atoms with Crippen molar-refractivity contribution < 1.29 is 14.7 Å². The monoisotopic (exact) mass is 223 g/mol. The fourth-order valence-electron chi connectivity index (χ4n) is 2.52. The Balaban J connectivity index is 1.98. The van der Waals surface area contributed by atoms with Crippen LogP contribution in [0.2, 0.25) is 0 Å². The van der Waals surface area contributed by atoms with E-state index in [1.165, 1.54) is 0 Å². The number of nitrogens with zero attached hydrogens (tertiary/aromatic N) is 1. The number of aliphatic carboxylic acids is 1. The van der Waals surface area contributed by atoms with E-state index in [1.54, 1.807) is 11.0 Å². The van der Waals surface area contributed by atoms with E-state index in [0.717, 1.165) is 25.7 Å². The lowest BCUT2D eigenvalue weighted by Crippen LogP contribution is -2.40. The highest BCUT2D eigenvalue weighted by atomic mass is 16.4. The summed E-state index contributed by atoms with van der Waals surface area (Å²) in [5.41, 5.74) is 0.359. The first-order valence-corrected chi connectivity index (χ1v) is 5.89. The molecule has 4 heteroatoms. The van der Waals surface area contributed by atoms with E-state index in [9.17, 15) is 9.59 Å². The number of amides is 1. The molecule has 1 saturated carbocycles. The van der Waals surface area contributed by atoms with Crippen molar-refractivity contribution in [3.05, 3.63) is 11.6 Å². The van der Waals surface area contributed by atoms with Crippen molar-refractivity contribution in [1.82, 2.24) is 4.90 Å². The third-order valence-corrected chi connectivity index (χ3v) is 3.44. The van der Waals surface area contributed by atoms with Gasteiger partial charge in [0.2, 0.25) is 5.91 Å². The van der Waals surface area contributed by atoms with Crippen LogP contribution in [-0.4, -0.2) is 35.0 Å². The normalized spacial score (nSPS) is 22.0. The summed E-state index contributed by atoms with van der Waals surface area (Å²) in [6, 6.07) is 0. The number of carbonyl (C=O) groups is 2. The number of hydrogen-bond donors (Lipinski definition) is 1. The summed E-state index contributed by atoms with van der Waals surface area (Å²) in [5.74, 6) is -0.596. The lowest BCUT2D eigenvalue weighted by atomic mass is 10.0. The zero-order valence-corrected chi connectivity index (χ0v) is 9.32. The van der Waals surface area contributed by atoms with Crippen LogP contribution in [0.5, 0.6) is 0 Å². The topological polar surface area (TPSA) is 57.6 Å². The van der Waals surface area contributed by atoms with Gasteiger partial charge in [0.05, 0.1) is 12.1 Å². The first-order chi connectivity index (χ1) is 7.68. The molecule has 0 atom stereocenters. The Morgan fingerprint density at radius 1 is 1.31 bits per heavy atom. The van der Waals surface area contributed by atoms with Gasteiger partial charge in [-0.15, -0.1) is 0 Å². The van der Waals surface area contributed by atoms with Crippen molar-refractivity contribution in [2.75, 3.05) is 13.1 Å². The maximum Gasteiger partial charge on any atom is 0.333 e. The number of carbonyl (C=O) groups excluding carboxylic acids is 1. The second-order valence-electron chi connectivity index (χ2n) is 4.56. The molecule has 2 rings (SSSR count). The molecular weight excluding hydrogens is 206 g/mol. The molecule has 0 aromatic heterocycles. The Kier molecular flexibility index (Phi) is 3.27. The Labute approximate surface area is 94.9 Å². The van der Waals surface area contributed by atoms with Gasteiger partial charge in [-0.05, 0) is 19.3 Å². The van der Waals surface area contributed by atoms with Crippen molar-refractivity contribution in [3.63, 3.8) is 0 Å². The van der Waals surface area contributed by atoms with Crippen molar-refractivity contribution >= 4 is 11.9 Å². The fourth-order valence-corrected chi connectivity index (χ4v) is 2.52. The number of hydrogen-bond acceptors (Lipinski definition) is 2. The Bertz CT molecular complexity index is 329. The van der Waals surface area contributed by atoms with Crippen LogP contribution in [0.3, 0.4) is 0 Å². The van der Waals surface area contributed by atoms with Gasteiger partial charge in [0.1, 0.15) is 0 Å². The van der Waals surface area contributed by atoms with Crippen LogP contribution < -0.4 is 0 Å². The Morgan fingerprint density at radius 3 is 2.62 bits per heavy atom. The van der Waals surface area contributed by atoms with Crippen molar-refractivity contribution in [2.24, 2.45) is 5.92 Å². The Morgan fingerprint density at radius 2 is 2.00 bits per heavy atom. The molecular formula is C12H17NO3. The summed E-state index contributed by atoms with van der Waals surface area (Å²) in [4.78, 5) is 24.6. The highest BCUT2D eigenvalue weighted by Crippen LogP contribution is 2.27. The SMILES string of the molecule is O=C(O)C1=CCCN(C(=O)C2CCCC2)C1. The smallest absolute Gasteiger partial charge is 0.333 e. The van der Waals surface area contributed by atoms with Crippen LogP contribution in [0.4, 0.5) is 0 Å². The minimum Gasteiger partial charge on any atom is -0.478 e. The van der Waals surface area contributed by atoms with E-state index in [-0.39, 0.29) is 18.4 Å². The summed E-state index contributed by atoms with van der Waals surface area (Å²) in [7, 11) is 0. The summed E-state index contributed by atoms with van der Waals surface area (Å²) in [5, 5.41) is 8.90. The molecule has 16 heavy (non-hydrogen) atoms. The van der Waals surface area contributed by atoms with Gasteiger partial charge in [0.25, 0.3) is 0 Å². The minimum atomic E-state index is -0.899. The third kappa shape index (κ3) is 2.26. The van der Waals surface area contributed by atoms with Gasteiger partial charge in [-0.3, -0.25) is 4.79 Å². The highest BCUT2D eigenvalue weighted by Gasteiger charge is 2.29. The van der Waals surface area contributed by atoms with Gasteiger partial charge in [-0.1, -0.05) is 18.9 Å². The second-order valence-corrected chi connectivity index (χ2v) is 4.56. The van der Waals surface area contributed by atoms with Crippen LogP contribution in [0.25, 0.3) is 0 Å². The molecule has 1 amide bonds. The zero-order chi connectivity index (χ0) is 11.5. The predicted molar refractivity (Wildman–Crippen MR) is 58.9 cm³/mol. The van der Waals surface area contributed by atoms with Gasteiger partial charge in [0, 0.05) is 12.5 Å². The number of carboxylic acid groups (broad SMARTS) is 1. The van der Waals surface area contributed by atoms with Gasteiger partial charge in [-0.2, -0.15) is 0 Å². The summed E-state index contributed by atoms with van der Waals surface area (Å²) < 4.78 is 0. The van der Waals surface area contributed by atoms with E-state index >= 15 is 0 Å². The first-order valence-electron chi connectivity index (χ1n) is 5.89. The molecule has 1 aliphatic carbocycles. The second kappa shape index (κ2) is 4.68. The van der Waals surface area contributed by atoms with Crippen molar-refractivity contribution in [3.8, 4) is 0 Å². The minimum absolute atomic E-state index is 0.146. The average molecular weight is 223 g/mol. The first kappa shape index (κ1) is 11.2. The molecule has 0 unspecified atom stereocenters. The molecule has 0 spiro atoms. The standard InChI is InChI=1S/C12H17NO3/c14-11(9-4-1-2-5-9)13-7-3-6-10(8-13)12(15)16/h6,9H,1-5,7-8H2,(H,15,16). The van der Waals surface area contributed by atoms with Crippen LogP contribution >= 0.6 is 0 Å².